The third-order valence-corrected chi connectivity index (χ3v) is 17.4. The fraction of sp³-hybridized carbons (Fsp3) is 0.529. The lowest BCUT2D eigenvalue weighted by Gasteiger charge is -2.31. The number of likely N-dealkylation sites (N-methyl/N-ethyl adjacent to an activating group) is 1. The van der Waals surface area contributed by atoms with Crippen LogP contribution in [0.4, 0.5) is 5.82 Å². The molecule has 5 aromatic rings. The topological polar surface area (TPSA) is 595 Å². The number of rotatable bonds is 37. The number of aliphatic imine (C=N–C) groups is 1. The fourth-order valence-corrected chi connectivity index (χ4v) is 11.6. The lowest BCUT2D eigenvalue weighted by Crippen LogP contribution is -2.61. The van der Waals surface area contributed by atoms with Gasteiger partial charge < -0.3 is 106 Å². The van der Waals surface area contributed by atoms with Gasteiger partial charge in [0.05, 0.1) is 19.3 Å². The minimum absolute atomic E-state index is 0.0397. The van der Waals surface area contributed by atoms with Crippen molar-refractivity contribution in [2.45, 2.75) is 184 Å². The number of fused-ring (bicyclic) bond motifs is 1. The number of aliphatic hydroxyl groups is 1. The van der Waals surface area contributed by atoms with Gasteiger partial charge in [-0.2, -0.15) is 12.6 Å². The van der Waals surface area contributed by atoms with E-state index in [2.05, 4.69) is 101 Å². The number of aliphatic hydroxyl groups excluding tert-OH is 1. The first-order chi connectivity index (χ1) is 51.5. The molecule has 0 spiro atoms. The number of aliphatic carboxylic acids is 1. The number of hydrogen-bond donors (Lipinski definition) is 20. The zero-order valence-corrected chi connectivity index (χ0v) is 63.5. The van der Waals surface area contributed by atoms with Crippen molar-refractivity contribution >= 4 is 106 Å². The number of benzene rings is 2. The fourth-order valence-electron chi connectivity index (χ4n) is 11.5. The highest BCUT2D eigenvalue weighted by Crippen LogP contribution is 2.23. The van der Waals surface area contributed by atoms with Crippen LogP contribution in [-0.2, 0) is 72.0 Å². The summed E-state index contributed by atoms with van der Waals surface area (Å²) in [7, 11) is 3.42. The highest BCUT2D eigenvalue weighted by atomic mass is 32.1. The summed E-state index contributed by atoms with van der Waals surface area (Å²) in [6.07, 6.45) is 7.14. The average Bonchev–Trinajstić information content (AvgIpc) is 1.72. The minimum atomic E-state index is -1.75. The Morgan fingerprint density at radius 2 is 1.29 bits per heavy atom. The van der Waals surface area contributed by atoms with Gasteiger partial charge in [-0.25, -0.2) is 9.97 Å². The number of carbonyl (C=O) groups is 12. The first-order valence-corrected chi connectivity index (χ1v) is 36.0. The smallest absolute Gasteiger partial charge is 0.321 e. The second-order valence-electron chi connectivity index (χ2n) is 27.7. The Hall–Kier alpha value is -11.2. The van der Waals surface area contributed by atoms with Gasteiger partial charge in [-0.3, -0.25) is 67.5 Å². The summed E-state index contributed by atoms with van der Waals surface area (Å²) in [4.78, 5) is 182. The summed E-state index contributed by atoms with van der Waals surface area (Å²) < 4.78 is -0.647. The number of carboxylic acids is 1. The molecule has 2 aromatic carbocycles. The molecule has 38 nitrogen and oxygen atoms in total. The molecule has 23 N–H and O–H groups in total. The number of carbonyl (C=O) groups excluding carboxylic acids is 11. The van der Waals surface area contributed by atoms with Gasteiger partial charge in [0, 0.05) is 93.2 Å². The van der Waals surface area contributed by atoms with Crippen LogP contribution in [0, 0.1) is 11.8 Å². The number of guanidine groups is 1. The van der Waals surface area contributed by atoms with Crippen molar-refractivity contribution in [3.05, 3.63) is 96.1 Å². The molecule has 2 aliphatic heterocycles. The van der Waals surface area contributed by atoms with E-state index in [0.717, 1.165) is 5.52 Å². The number of aromatic amines is 3. The Morgan fingerprint density at radius 3 is 1.82 bits per heavy atom. The van der Waals surface area contributed by atoms with Crippen LogP contribution in [0.25, 0.3) is 10.9 Å². The number of likely N-dealkylation sites (tertiary alicyclic amines) is 1. The number of phenols is 1. The maximum Gasteiger partial charge on any atom is 0.321 e. The summed E-state index contributed by atoms with van der Waals surface area (Å²) in [5, 5.41) is 63.1. The van der Waals surface area contributed by atoms with Crippen LogP contribution >= 0.6 is 12.6 Å². The average molecular weight is 1540 g/mol. The molecular formula is C70H105N23O15S. The van der Waals surface area contributed by atoms with Crippen molar-refractivity contribution in [2.24, 2.45) is 50.1 Å². The van der Waals surface area contributed by atoms with Crippen LogP contribution in [0.3, 0.4) is 0 Å². The summed E-state index contributed by atoms with van der Waals surface area (Å²) >= 11 is 3.98. The van der Waals surface area contributed by atoms with E-state index >= 15 is 0 Å². The zero-order valence-electron chi connectivity index (χ0n) is 62.6. The Morgan fingerprint density at radius 1 is 0.725 bits per heavy atom. The lowest BCUT2D eigenvalue weighted by molar-refractivity contribution is -0.142. The van der Waals surface area contributed by atoms with Crippen molar-refractivity contribution in [1.29, 1.82) is 0 Å². The molecule has 10 atom stereocenters. The lowest BCUT2D eigenvalue weighted by atomic mass is 9.98. The number of nitrogens with zero attached hydrogens (tertiary/aromatic N) is 7. The number of carboxylic acid groups (broad SMARTS) is 1. The number of H-pyrrole nitrogens is 3. The van der Waals surface area contributed by atoms with E-state index in [1.165, 1.54) is 53.0 Å². The first-order valence-electron chi connectivity index (χ1n) is 35.6. The normalized spacial score (nSPS) is 16.2. The van der Waals surface area contributed by atoms with Crippen LogP contribution in [0.2, 0.25) is 0 Å². The summed E-state index contributed by atoms with van der Waals surface area (Å²) in [6, 6.07) is 0.679. The Labute approximate surface area is 635 Å². The maximum absolute atomic E-state index is 14.7. The van der Waals surface area contributed by atoms with Gasteiger partial charge in [0.1, 0.15) is 66.2 Å². The summed E-state index contributed by atoms with van der Waals surface area (Å²) in [6.45, 7) is 12.1. The third kappa shape index (κ3) is 28.8. The Balaban J connectivity index is 0.000000828. The van der Waals surface area contributed by atoms with E-state index in [9.17, 15) is 67.7 Å². The number of thiol groups is 1. The molecule has 0 aliphatic carbocycles. The van der Waals surface area contributed by atoms with Crippen molar-refractivity contribution in [3.8, 4) is 5.75 Å². The molecule has 0 saturated carbocycles. The van der Waals surface area contributed by atoms with Gasteiger partial charge in [-0.15, -0.1) is 5.11 Å². The maximum atomic E-state index is 14.7. The second-order valence-corrected chi connectivity index (χ2v) is 28.9. The van der Waals surface area contributed by atoms with E-state index in [0.29, 0.717) is 41.6 Å². The van der Waals surface area contributed by atoms with Gasteiger partial charge in [0.15, 0.2) is 11.7 Å². The van der Waals surface area contributed by atoms with E-state index in [-0.39, 0.29) is 118 Å². The molecule has 7 rings (SSSR count). The first kappa shape index (κ1) is 88.4. The van der Waals surface area contributed by atoms with Gasteiger partial charge in [0.2, 0.25) is 64.9 Å². The number of phenolic OH excluding ortho intramolecular Hbond substituents is 1. The van der Waals surface area contributed by atoms with Gasteiger partial charge in [-0.05, 0) is 107 Å². The Bertz CT molecular complexity index is 3950. The van der Waals surface area contributed by atoms with Crippen molar-refractivity contribution in [3.63, 3.8) is 0 Å². The van der Waals surface area contributed by atoms with E-state index in [4.69, 9.17) is 28.0 Å². The standard InChI is InChI=1S/C59H84N16O12.C6H10N6O.C5H11NO2S/c1-6-63-57(86)48-14-10-22-75(48)58(87)41(13-9-21-64-59(60)61)68-51(80)42(23-32(2)3)69-52(81)43(24-33(4)5)70-53(82)44(25-34-15-17-37(77)18-16-34)71-56(85)47(30-76)74-54(83)45(26-35-28-65-39-12-8-7-11-38(35)39)72-55(84)46(27-36-29-62-31-66-36)73-50(79)40-19-20-49(78)67-40;1-12(2)11-10-6-4(5(7)13)8-3-9-6;1-5(2,9)3(6)4(7)8/h7-8,11-12,15-18,28-29,31-33,40-48,65,76-77H,6,9-10,13-14,19-27,30H2,1-5H3,(H,62,66)(H,63,86)(H,67,78)(H,68,80)(H,69,81)(H,70,82)(H,71,85)(H,72,84)(H,73,79)(H,74,83)(H4,60,61,64);3H,1-2H3,(H2,7,13)(H,8,9);3,9H,6H2,1-2H3,(H,7,8)/t40-,41-,42-,43+,44-,45-,46-,47-,48-;;3-/m0.0/s1. The largest absolute Gasteiger partial charge is 0.508 e. The van der Waals surface area contributed by atoms with Crippen LogP contribution in [0.5, 0.6) is 5.75 Å². The third-order valence-electron chi connectivity index (χ3n) is 17.1. The number of amides is 11. The van der Waals surface area contributed by atoms with Crippen molar-refractivity contribution in [2.75, 3.05) is 40.3 Å². The number of aromatic nitrogens is 5. The Kier molecular flexibility index (Phi) is 34.8. The molecule has 2 fully saturated rings. The molecule has 596 valence electrons. The number of nitrogens with two attached hydrogens (primary N) is 4. The van der Waals surface area contributed by atoms with Crippen LogP contribution in [0.15, 0.2) is 88.9 Å². The number of nitrogens with one attached hydrogen (secondary N) is 12. The van der Waals surface area contributed by atoms with E-state index in [1.54, 1.807) is 73.1 Å². The predicted octanol–water partition coefficient (Wildman–Crippen LogP) is -1.26. The highest BCUT2D eigenvalue weighted by molar-refractivity contribution is 7.81. The quantitative estimate of drug-likeness (QED) is 0.00551. The molecule has 2 aliphatic rings. The number of para-hydroxylation sites is 1. The predicted molar refractivity (Wildman–Crippen MR) is 404 cm³/mol. The van der Waals surface area contributed by atoms with E-state index < -0.39 is 131 Å². The van der Waals surface area contributed by atoms with Crippen LogP contribution < -0.4 is 70.8 Å². The second kappa shape index (κ2) is 42.9. The molecule has 0 unspecified atom stereocenters. The van der Waals surface area contributed by atoms with Crippen LogP contribution in [-0.4, -0.2) is 233 Å². The SMILES string of the molecule is CC(C)(S)[C@@H](N)C(=O)O.CCNC(=O)[C@@H]1CCCN1C(=O)[C@H](CCCN=C(N)N)NC(=O)[C@H](CC(C)C)NC(=O)[C@@H](CC(C)C)NC(=O)[C@H](Cc1ccc(O)cc1)NC(=O)[C@H](CO)NC(=O)[C@H](Cc1c[nH]c2ccccc12)NC(=O)[C@H](Cc1cnc[nH]1)NC(=O)[C@@H]1CCC(=O)N1.CN(C)N=Nc1nc[nH]c1C(N)=O. The molecule has 3 aromatic heterocycles. The molecule has 0 bridgehead atoms. The summed E-state index contributed by atoms with van der Waals surface area (Å²) in [5.41, 5.74) is 23.7. The molecule has 2 saturated heterocycles. The van der Waals surface area contributed by atoms with Crippen LogP contribution in [0.1, 0.15) is 127 Å². The molecule has 0 radical (unpaired) electrons. The molecule has 39 heteroatoms. The number of aromatic hydroxyl groups is 1. The number of primary amides is 1. The highest BCUT2D eigenvalue weighted by Gasteiger charge is 2.40. The minimum Gasteiger partial charge on any atom is -0.508 e. The number of hydrogen-bond acceptors (Lipinski definition) is 21. The van der Waals surface area contributed by atoms with Gasteiger partial charge in [-0.1, -0.05) is 63.3 Å². The number of imidazole rings is 2. The molecular weight excluding hydrogens is 1430 g/mol. The molecule has 5 heterocycles. The van der Waals surface area contributed by atoms with Gasteiger partial charge >= 0.3 is 5.97 Å². The van der Waals surface area contributed by atoms with Crippen molar-refractivity contribution < 1.29 is 72.9 Å². The monoisotopic (exact) mass is 1540 g/mol. The summed E-state index contributed by atoms with van der Waals surface area (Å²) in [5.74, 6) is -8.98. The van der Waals surface area contributed by atoms with Crippen molar-refractivity contribution in [1.82, 2.24) is 82.7 Å². The molecule has 11 amide bonds. The molecule has 109 heavy (non-hydrogen) atoms. The zero-order chi connectivity index (χ0) is 80.8. The van der Waals surface area contributed by atoms with Gasteiger partial charge in [0.25, 0.3) is 5.91 Å². The van der Waals surface area contributed by atoms with E-state index in [1.807, 2.05) is 19.9 Å².